The van der Waals surface area contributed by atoms with Gasteiger partial charge in [-0.1, -0.05) is 72.3 Å². The molecule has 0 fully saturated rings. The minimum absolute atomic E-state index is 0.816. The van der Waals surface area contributed by atoms with E-state index >= 15 is 0 Å². The lowest BCUT2D eigenvalue weighted by Crippen LogP contribution is -2.24. The lowest BCUT2D eigenvalue weighted by Gasteiger charge is -2.27. The van der Waals surface area contributed by atoms with E-state index in [1.807, 2.05) is 13.1 Å². The van der Waals surface area contributed by atoms with E-state index in [1.54, 1.807) is 0 Å². The Morgan fingerprint density at radius 2 is 1.07 bits per heavy atom. The molecule has 2 heterocycles. The first-order valence-electron chi connectivity index (χ1n) is 15.4. The average Bonchev–Trinajstić information content (AvgIpc) is 3.26. The van der Waals surface area contributed by atoms with Crippen LogP contribution in [0.15, 0.2) is 91.0 Å². The van der Waals surface area contributed by atoms with E-state index in [2.05, 4.69) is 119 Å². The Balaban J connectivity index is 0.000000169. The summed E-state index contributed by atoms with van der Waals surface area (Å²) in [6.07, 6.45) is 6.72. The van der Waals surface area contributed by atoms with E-state index in [0.29, 0.717) is 0 Å². The summed E-state index contributed by atoms with van der Waals surface area (Å²) in [5.74, 6) is 0. The maximum absolute atomic E-state index is 6.27. The van der Waals surface area contributed by atoms with Crippen molar-refractivity contribution >= 4 is 34.4 Å². The molecule has 0 spiro atoms. The molecule has 0 radical (unpaired) electrons. The number of hydrogen-bond acceptors (Lipinski definition) is 4. The monoisotopic (exact) mass is 580 g/mol. The summed E-state index contributed by atoms with van der Waals surface area (Å²) in [6.45, 7) is 4.23. The fourth-order valence-corrected chi connectivity index (χ4v) is 6.36. The van der Waals surface area contributed by atoms with Crippen LogP contribution in [0.2, 0.25) is 5.02 Å². The molecule has 0 atom stereocenters. The molecule has 4 aromatic carbocycles. The van der Waals surface area contributed by atoms with Gasteiger partial charge in [0.2, 0.25) is 0 Å². The zero-order valence-corrected chi connectivity index (χ0v) is 26.2. The summed E-state index contributed by atoms with van der Waals surface area (Å²) < 4.78 is 0. The van der Waals surface area contributed by atoms with Gasteiger partial charge in [-0.05, 0) is 125 Å². The van der Waals surface area contributed by atoms with Crippen molar-refractivity contribution in [1.29, 1.82) is 0 Å². The quantitative estimate of drug-likeness (QED) is 0.213. The normalized spacial score (nSPS) is 13.6. The number of fused-ring (bicyclic) bond motifs is 4. The van der Waals surface area contributed by atoms with Crippen LogP contribution in [0.1, 0.15) is 35.1 Å². The van der Waals surface area contributed by atoms with Gasteiger partial charge >= 0.3 is 0 Å². The van der Waals surface area contributed by atoms with Crippen LogP contribution in [-0.4, -0.2) is 52.2 Å². The smallest absolute Gasteiger partial charge is 0.0458 e. The first-order valence-corrected chi connectivity index (χ1v) is 15.8. The molecule has 0 unspecified atom stereocenters. The van der Waals surface area contributed by atoms with E-state index in [1.165, 1.54) is 45.0 Å². The minimum atomic E-state index is 0.816. The van der Waals surface area contributed by atoms with Crippen LogP contribution in [0.3, 0.4) is 0 Å². The molecule has 220 valence electrons. The molecule has 42 heavy (non-hydrogen) atoms. The van der Waals surface area contributed by atoms with Gasteiger partial charge in [0, 0.05) is 40.9 Å². The van der Waals surface area contributed by atoms with Crippen molar-refractivity contribution in [1.82, 2.24) is 10.2 Å². The van der Waals surface area contributed by atoms with E-state index in [-0.39, 0.29) is 0 Å². The lowest BCUT2D eigenvalue weighted by molar-refractivity contribution is 0.402. The summed E-state index contributed by atoms with van der Waals surface area (Å²) in [6, 6.07) is 32.7. The van der Waals surface area contributed by atoms with Crippen molar-refractivity contribution in [2.75, 3.05) is 57.1 Å². The molecule has 2 aliphatic heterocycles. The van der Waals surface area contributed by atoms with E-state index in [0.717, 1.165) is 69.7 Å². The first-order chi connectivity index (χ1) is 20.5. The molecular weight excluding hydrogens is 536 g/mol. The summed E-state index contributed by atoms with van der Waals surface area (Å²) in [5.41, 5.74) is 11.1. The zero-order chi connectivity index (χ0) is 29.3. The topological polar surface area (TPSA) is 21.8 Å². The van der Waals surface area contributed by atoms with Crippen molar-refractivity contribution in [2.45, 2.75) is 38.5 Å². The summed E-state index contributed by atoms with van der Waals surface area (Å²) >= 11 is 6.27. The van der Waals surface area contributed by atoms with E-state index in [4.69, 9.17) is 11.6 Å². The van der Waals surface area contributed by atoms with Gasteiger partial charge in [-0.3, -0.25) is 0 Å². The fourth-order valence-electron chi connectivity index (χ4n) is 6.20. The molecule has 4 aromatic rings. The molecule has 6 rings (SSSR count). The van der Waals surface area contributed by atoms with Gasteiger partial charge < -0.3 is 20.0 Å². The molecule has 4 nitrogen and oxygen atoms in total. The molecule has 0 amide bonds. The SMILES string of the molecule is CN(C)CCCN1c2ccccc2CCc2ccc(Cl)cc21.CNCCCN1c2ccccc2CCc2ccccc21. The van der Waals surface area contributed by atoms with Gasteiger partial charge in [-0.15, -0.1) is 0 Å². The van der Waals surface area contributed by atoms with Gasteiger partial charge in [-0.25, -0.2) is 0 Å². The van der Waals surface area contributed by atoms with Crippen LogP contribution < -0.4 is 15.1 Å². The highest BCUT2D eigenvalue weighted by atomic mass is 35.5. The fraction of sp³-hybridized carbons (Fsp3) is 0.351. The number of benzene rings is 4. The number of aryl methyl sites for hydroxylation is 4. The Labute approximate surface area is 257 Å². The highest BCUT2D eigenvalue weighted by Crippen LogP contribution is 2.38. The van der Waals surface area contributed by atoms with Crippen LogP contribution in [-0.2, 0) is 25.7 Å². The molecule has 0 aliphatic carbocycles. The number of nitrogens with zero attached hydrogens (tertiary/aromatic N) is 3. The third-order valence-corrected chi connectivity index (χ3v) is 8.54. The number of halogens is 1. The predicted octanol–water partition coefficient (Wildman–Crippen LogP) is 8.06. The Bertz CT molecular complexity index is 1400. The maximum atomic E-state index is 6.27. The van der Waals surface area contributed by atoms with Crippen LogP contribution in [0.25, 0.3) is 0 Å². The number of para-hydroxylation sites is 3. The van der Waals surface area contributed by atoms with Crippen molar-refractivity contribution in [3.63, 3.8) is 0 Å². The van der Waals surface area contributed by atoms with Crippen molar-refractivity contribution < 1.29 is 0 Å². The van der Waals surface area contributed by atoms with Crippen LogP contribution in [0, 0.1) is 0 Å². The summed E-state index contributed by atoms with van der Waals surface area (Å²) in [5, 5.41) is 4.06. The Morgan fingerprint density at radius 1 is 0.619 bits per heavy atom. The molecule has 0 bridgehead atoms. The third kappa shape index (κ3) is 7.36. The lowest BCUT2D eigenvalue weighted by atomic mass is 10.0. The number of anilines is 4. The molecule has 5 heteroatoms. The Morgan fingerprint density at radius 3 is 1.57 bits per heavy atom. The first kappa shape index (κ1) is 30.2. The van der Waals surface area contributed by atoms with Gasteiger partial charge in [-0.2, -0.15) is 0 Å². The molecule has 0 saturated heterocycles. The standard InChI is InChI=1S/C19H23ClN2.C18H22N2/c1-21(2)12-5-13-22-18-7-4-3-6-15(18)8-9-16-10-11-17(20)14-19(16)22;1-19-13-6-14-20-17-9-4-2-7-15(17)11-12-16-8-3-5-10-18(16)20/h3-4,6-7,10-11,14H,5,8-9,12-13H2,1-2H3;2-5,7-10,19H,6,11-14H2,1H3. The zero-order valence-electron chi connectivity index (χ0n) is 25.5. The van der Waals surface area contributed by atoms with Crippen molar-refractivity contribution in [2.24, 2.45) is 0 Å². The number of hydrogen-bond donors (Lipinski definition) is 1. The minimum Gasteiger partial charge on any atom is -0.341 e. The van der Waals surface area contributed by atoms with Gasteiger partial charge in [0.25, 0.3) is 0 Å². The highest BCUT2D eigenvalue weighted by Gasteiger charge is 2.21. The predicted molar refractivity (Wildman–Crippen MR) is 181 cm³/mol. The van der Waals surface area contributed by atoms with Crippen molar-refractivity contribution in [3.8, 4) is 0 Å². The summed E-state index contributed by atoms with van der Waals surface area (Å²) in [7, 11) is 6.27. The average molecular weight is 581 g/mol. The van der Waals surface area contributed by atoms with Crippen LogP contribution in [0.5, 0.6) is 0 Å². The molecule has 1 N–H and O–H groups in total. The van der Waals surface area contributed by atoms with Gasteiger partial charge in [0.05, 0.1) is 0 Å². The molecular formula is C37H45ClN4. The second kappa shape index (κ2) is 14.7. The molecule has 0 saturated carbocycles. The summed E-state index contributed by atoms with van der Waals surface area (Å²) in [4.78, 5) is 7.19. The Kier molecular flexibility index (Phi) is 10.6. The Hall–Kier alpha value is -3.31. The van der Waals surface area contributed by atoms with Crippen LogP contribution >= 0.6 is 11.6 Å². The largest absolute Gasteiger partial charge is 0.341 e. The van der Waals surface area contributed by atoms with E-state index in [9.17, 15) is 0 Å². The second-order valence-corrected chi connectivity index (χ2v) is 12.0. The highest BCUT2D eigenvalue weighted by molar-refractivity contribution is 6.30. The van der Waals surface area contributed by atoms with E-state index < -0.39 is 0 Å². The molecule has 0 aromatic heterocycles. The van der Waals surface area contributed by atoms with Gasteiger partial charge in [0.15, 0.2) is 0 Å². The van der Waals surface area contributed by atoms with Gasteiger partial charge in [0.1, 0.15) is 0 Å². The number of rotatable bonds is 8. The van der Waals surface area contributed by atoms with Crippen LogP contribution in [0.4, 0.5) is 22.7 Å². The van der Waals surface area contributed by atoms with Crippen molar-refractivity contribution in [3.05, 3.63) is 118 Å². The number of nitrogens with one attached hydrogen (secondary N) is 1. The molecule has 2 aliphatic rings. The maximum Gasteiger partial charge on any atom is 0.0458 e. The third-order valence-electron chi connectivity index (χ3n) is 8.31. The second-order valence-electron chi connectivity index (χ2n) is 11.6.